The second kappa shape index (κ2) is 9.16. The zero-order valence-corrected chi connectivity index (χ0v) is 16.9. The average molecular weight is 407 g/mol. The number of rotatable bonds is 6. The number of carbonyl (C=O) groups excluding carboxylic acids is 1. The van der Waals surface area contributed by atoms with Crippen molar-refractivity contribution < 1.29 is 4.79 Å². The third-order valence-electron chi connectivity index (χ3n) is 5.19. The number of nitrogens with one attached hydrogen (secondary N) is 1. The molecule has 1 amide bonds. The Morgan fingerprint density at radius 2 is 1.86 bits per heavy atom. The van der Waals surface area contributed by atoms with Crippen LogP contribution in [0.15, 0.2) is 60.9 Å². The minimum Gasteiger partial charge on any atom is -0.350 e. The van der Waals surface area contributed by atoms with Gasteiger partial charge in [0.1, 0.15) is 12.0 Å². The number of benzene rings is 2. The molecule has 0 saturated heterocycles. The maximum absolute atomic E-state index is 12.7. The topological polar surface area (TPSA) is 58.1 Å². The summed E-state index contributed by atoms with van der Waals surface area (Å²) in [6.07, 6.45) is 2.95. The highest BCUT2D eigenvalue weighted by atomic mass is 35.5. The van der Waals surface area contributed by atoms with Crippen molar-refractivity contribution in [3.05, 3.63) is 94.0 Å². The Hall–Kier alpha value is -2.76. The molecule has 6 heteroatoms. The van der Waals surface area contributed by atoms with Crippen LogP contribution in [0, 0.1) is 0 Å². The van der Waals surface area contributed by atoms with Crippen molar-refractivity contribution in [2.75, 3.05) is 13.1 Å². The Labute approximate surface area is 175 Å². The van der Waals surface area contributed by atoms with Crippen molar-refractivity contribution in [1.29, 1.82) is 0 Å². The molecule has 1 aliphatic heterocycles. The molecule has 0 unspecified atom stereocenters. The second-order valence-corrected chi connectivity index (χ2v) is 7.60. The van der Waals surface area contributed by atoms with Gasteiger partial charge in [-0.3, -0.25) is 9.69 Å². The molecule has 2 heterocycles. The van der Waals surface area contributed by atoms with Gasteiger partial charge in [-0.1, -0.05) is 60.1 Å². The van der Waals surface area contributed by atoms with Crippen LogP contribution in [0.1, 0.15) is 32.9 Å². The Morgan fingerprint density at radius 3 is 2.69 bits per heavy atom. The van der Waals surface area contributed by atoms with Gasteiger partial charge < -0.3 is 5.32 Å². The number of carbonyl (C=O) groups is 1. The number of hydrogen-bond acceptors (Lipinski definition) is 4. The van der Waals surface area contributed by atoms with Crippen molar-refractivity contribution in [2.24, 2.45) is 0 Å². The molecule has 0 bridgehead atoms. The van der Waals surface area contributed by atoms with Gasteiger partial charge >= 0.3 is 0 Å². The fraction of sp³-hybridized carbons (Fsp3) is 0.261. The van der Waals surface area contributed by atoms with Gasteiger partial charge in [0.2, 0.25) is 0 Å². The van der Waals surface area contributed by atoms with E-state index >= 15 is 0 Å². The molecule has 29 heavy (non-hydrogen) atoms. The first kappa shape index (κ1) is 19.6. The SMILES string of the molecule is O=C(NCCc1ccccc1Cl)c1ncnc2c1CCN(Cc1ccccc1)C2. The van der Waals surface area contributed by atoms with E-state index in [1.165, 1.54) is 11.9 Å². The van der Waals surface area contributed by atoms with Gasteiger partial charge in [0, 0.05) is 36.8 Å². The lowest BCUT2D eigenvalue weighted by molar-refractivity contribution is 0.0946. The standard InChI is InChI=1S/C23H23ClN4O/c24-20-9-5-4-8-18(20)10-12-25-23(29)22-19-11-13-28(15-21(19)26-16-27-22)14-17-6-2-1-3-7-17/h1-9,16H,10-15H2,(H,25,29). The normalized spacial score (nSPS) is 13.7. The summed E-state index contributed by atoms with van der Waals surface area (Å²) in [6.45, 7) is 3.01. The van der Waals surface area contributed by atoms with E-state index < -0.39 is 0 Å². The van der Waals surface area contributed by atoms with Gasteiger partial charge in [-0.25, -0.2) is 9.97 Å². The molecule has 148 valence electrons. The van der Waals surface area contributed by atoms with Crippen LogP contribution in [-0.2, 0) is 25.9 Å². The lowest BCUT2D eigenvalue weighted by atomic mass is 10.0. The summed E-state index contributed by atoms with van der Waals surface area (Å²) in [5.41, 5.74) is 4.71. The predicted octanol–water partition coefficient (Wildman–Crippen LogP) is 3.66. The van der Waals surface area contributed by atoms with Crippen LogP contribution < -0.4 is 5.32 Å². The van der Waals surface area contributed by atoms with E-state index in [1.54, 1.807) is 0 Å². The molecule has 0 aliphatic carbocycles. The number of halogens is 1. The second-order valence-electron chi connectivity index (χ2n) is 7.19. The molecular weight excluding hydrogens is 384 g/mol. The average Bonchev–Trinajstić information content (AvgIpc) is 2.75. The molecule has 5 nitrogen and oxygen atoms in total. The van der Waals surface area contributed by atoms with Gasteiger partial charge in [-0.15, -0.1) is 0 Å². The van der Waals surface area contributed by atoms with Crippen LogP contribution in [-0.4, -0.2) is 33.9 Å². The zero-order valence-electron chi connectivity index (χ0n) is 16.1. The first-order valence-corrected chi connectivity index (χ1v) is 10.2. The van der Waals surface area contributed by atoms with Crippen LogP contribution in [0.25, 0.3) is 0 Å². The minimum absolute atomic E-state index is 0.146. The number of aromatic nitrogens is 2. The summed E-state index contributed by atoms with van der Waals surface area (Å²) < 4.78 is 0. The number of amides is 1. The summed E-state index contributed by atoms with van der Waals surface area (Å²) in [5.74, 6) is -0.146. The van der Waals surface area contributed by atoms with Crippen LogP contribution in [0.2, 0.25) is 5.02 Å². The van der Waals surface area contributed by atoms with Gasteiger partial charge in [0.25, 0.3) is 5.91 Å². The number of nitrogens with zero attached hydrogens (tertiary/aromatic N) is 3. The van der Waals surface area contributed by atoms with Crippen molar-refractivity contribution in [3.63, 3.8) is 0 Å². The highest BCUT2D eigenvalue weighted by Crippen LogP contribution is 2.21. The summed E-state index contributed by atoms with van der Waals surface area (Å²) in [4.78, 5) is 23.8. The van der Waals surface area contributed by atoms with Crippen LogP contribution in [0.4, 0.5) is 0 Å². The first-order chi connectivity index (χ1) is 14.2. The molecule has 0 atom stereocenters. The maximum Gasteiger partial charge on any atom is 0.270 e. The molecule has 0 spiro atoms. The van der Waals surface area contributed by atoms with Gasteiger partial charge in [0.15, 0.2) is 0 Å². The van der Waals surface area contributed by atoms with Crippen molar-refractivity contribution in [1.82, 2.24) is 20.2 Å². The molecule has 1 aliphatic rings. The third-order valence-corrected chi connectivity index (χ3v) is 5.56. The smallest absolute Gasteiger partial charge is 0.270 e. The molecular formula is C23H23ClN4O. The molecule has 2 aromatic carbocycles. The van der Waals surface area contributed by atoms with E-state index in [-0.39, 0.29) is 5.91 Å². The summed E-state index contributed by atoms with van der Waals surface area (Å²) in [7, 11) is 0. The largest absolute Gasteiger partial charge is 0.350 e. The van der Waals surface area contributed by atoms with E-state index in [0.717, 1.165) is 47.9 Å². The van der Waals surface area contributed by atoms with Gasteiger partial charge in [-0.05, 0) is 30.0 Å². The Balaban J connectivity index is 1.39. The molecule has 3 aromatic rings. The molecule has 1 N–H and O–H groups in total. The molecule has 1 aromatic heterocycles. The first-order valence-electron chi connectivity index (χ1n) is 9.81. The van der Waals surface area contributed by atoms with E-state index in [9.17, 15) is 4.79 Å². The van der Waals surface area contributed by atoms with E-state index in [4.69, 9.17) is 11.6 Å². The molecule has 0 saturated carbocycles. The monoisotopic (exact) mass is 406 g/mol. The third kappa shape index (κ3) is 4.81. The van der Waals surface area contributed by atoms with Crippen LogP contribution in [0.5, 0.6) is 0 Å². The summed E-state index contributed by atoms with van der Waals surface area (Å²) >= 11 is 6.19. The summed E-state index contributed by atoms with van der Waals surface area (Å²) in [5, 5.41) is 3.70. The Bertz CT molecular complexity index is 993. The van der Waals surface area contributed by atoms with E-state index in [0.29, 0.717) is 18.7 Å². The highest BCUT2D eigenvalue weighted by molar-refractivity contribution is 6.31. The van der Waals surface area contributed by atoms with Gasteiger partial charge in [-0.2, -0.15) is 0 Å². The molecule has 0 radical (unpaired) electrons. The minimum atomic E-state index is -0.146. The maximum atomic E-state index is 12.7. The summed E-state index contributed by atoms with van der Waals surface area (Å²) in [6, 6.07) is 18.1. The Kier molecular flexibility index (Phi) is 6.17. The van der Waals surface area contributed by atoms with E-state index in [1.807, 2.05) is 30.3 Å². The fourth-order valence-corrected chi connectivity index (χ4v) is 3.91. The lowest BCUT2D eigenvalue weighted by Crippen LogP contribution is -2.34. The molecule has 4 rings (SSSR count). The molecule has 0 fully saturated rings. The van der Waals surface area contributed by atoms with E-state index in [2.05, 4.69) is 44.5 Å². The fourth-order valence-electron chi connectivity index (χ4n) is 3.68. The van der Waals surface area contributed by atoms with Crippen molar-refractivity contribution in [2.45, 2.75) is 25.9 Å². The number of hydrogen-bond donors (Lipinski definition) is 1. The zero-order chi connectivity index (χ0) is 20.1. The Morgan fingerprint density at radius 1 is 1.07 bits per heavy atom. The van der Waals surface area contributed by atoms with Crippen LogP contribution in [0.3, 0.4) is 0 Å². The quantitative estimate of drug-likeness (QED) is 0.678. The lowest BCUT2D eigenvalue weighted by Gasteiger charge is -2.28. The number of fused-ring (bicyclic) bond motifs is 1. The highest BCUT2D eigenvalue weighted by Gasteiger charge is 2.23. The predicted molar refractivity (Wildman–Crippen MR) is 114 cm³/mol. The van der Waals surface area contributed by atoms with Crippen LogP contribution >= 0.6 is 11.6 Å². The van der Waals surface area contributed by atoms with Gasteiger partial charge in [0.05, 0.1) is 5.69 Å². The van der Waals surface area contributed by atoms with Crippen molar-refractivity contribution in [3.8, 4) is 0 Å². The van der Waals surface area contributed by atoms with Crippen molar-refractivity contribution >= 4 is 17.5 Å².